The normalized spacial score (nSPS) is 15.7. The van der Waals surface area contributed by atoms with E-state index in [0.29, 0.717) is 42.0 Å². The first-order valence-corrected chi connectivity index (χ1v) is 10.1. The summed E-state index contributed by atoms with van der Waals surface area (Å²) in [4.78, 5) is 40.0. The van der Waals surface area contributed by atoms with Crippen LogP contribution in [0.3, 0.4) is 0 Å². The van der Waals surface area contributed by atoms with Crippen molar-refractivity contribution in [3.63, 3.8) is 0 Å². The second kappa shape index (κ2) is 9.78. The van der Waals surface area contributed by atoms with Crippen LogP contribution in [0.25, 0.3) is 10.9 Å². The molecule has 0 spiro atoms. The maximum Gasteiger partial charge on any atom is 0.286 e. The average molecular weight is 432 g/mol. The van der Waals surface area contributed by atoms with Gasteiger partial charge in [-0.2, -0.15) is 0 Å². The molecule has 1 fully saturated rings. The van der Waals surface area contributed by atoms with E-state index in [1.165, 1.54) is 0 Å². The number of hydrogen-bond acceptors (Lipinski definition) is 6. The monoisotopic (exact) mass is 432 g/mol. The Morgan fingerprint density at radius 1 is 1.10 bits per heavy atom. The van der Waals surface area contributed by atoms with E-state index in [4.69, 9.17) is 4.74 Å². The summed E-state index contributed by atoms with van der Waals surface area (Å²) in [5.41, 5.74) is 1.57. The molecule has 149 valence electrons. The van der Waals surface area contributed by atoms with Gasteiger partial charge in [-0.25, -0.2) is 4.98 Å². The van der Waals surface area contributed by atoms with Gasteiger partial charge in [0.1, 0.15) is 18.2 Å². The molecule has 2 heterocycles. The van der Waals surface area contributed by atoms with E-state index >= 15 is 0 Å². The number of benzene rings is 2. The van der Waals surface area contributed by atoms with E-state index in [1.54, 1.807) is 10.6 Å². The largest absolute Gasteiger partial charge is 0.492 e. The van der Waals surface area contributed by atoms with Gasteiger partial charge in [0.15, 0.2) is 0 Å². The number of aryl methyl sites for hydroxylation is 1. The van der Waals surface area contributed by atoms with E-state index < -0.39 is 0 Å². The molecule has 1 saturated heterocycles. The Balaban J connectivity index is 0.00000256. The molecule has 1 unspecified atom stereocenters. The SMILES string of the molecule is Cc1nc2ccccc2c(=O)n1CCOc1ccc(CC2SC(=O)NC2=O)cc1.[Na]. The molecule has 3 aromatic rings. The second-order valence-corrected chi connectivity index (χ2v) is 7.89. The Hall–Kier alpha value is -2.13. The minimum absolute atomic E-state index is 0. The van der Waals surface area contributed by atoms with Gasteiger partial charge in [-0.3, -0.25) is 24.3 Å². The summed E-state index contributed by atoms with van der Waals surface area (Å²) in [7, 11) is 0. The summed E-state index contributed by atoms with van der Waals surface area (Å²) in [6.07, 6.45) is 0.486. The number of imide groups is 1. The number of hydrogen-bond donors (Lipinski definition) is 1. The van der Waals surface area contributed by atoms with Gasteiger partial charge < -0.3 is 4.74 Å². The number of carbonyl (C=O) groups excluding carboxylic acids is 2. The zero-order valence-corrected chi connectivity index (χ0v) is 19.6. The van der Waals surface area contributed by atoms with Crippen LogP contribution in [0.5, 0.6) is 5.75 Å². The van der Waals surface area contributed by atoms with E-state index in [2.05, 4.69) is 10.3 Å². The maximum absolute atomic E-state index is 12.7. The van der Waals surface area contributed by atoms with Crippen molar-refractivity contribution in [2.45, 2.75) is 25.1 Å². The first-order valence-electron chi connectivity index (χ1n) is 9.20. The van der Waals surface area contributed by atoms with Gasteiger partial charge in [-0.1, -0.05) is 36.0 Å². The number of ether oxygens (including phenoxy) is 1. The molecule has 1 radical (unpaired) electrons. The Morgan fingerprint density at radius 2 is 1.83 bits per heavy atom. The first kappa shape index (κ1) is 22.6. The van der Waals surface area contributed by atoms with Crippen molar-refractivity contribution < 1.29 is 14.3 Å². The zero-order valence-electron chi connectivity index (χ0n) is 16.8. The number of thioether (sulfide) groups is 1. The summed E-state index contributed by atoms with van der Waals surface area (Å²) in [6, 6.07) is 14.7. The van der Waals surface area contributed by atoms with Gasteiger partial charge in [-0.05, 0) is 43.2 Å². The standard InChI is InChI=1S/C21H19N3O4S.Na/c1-13-22-17-5-3-2-4-16(17)20(26)24(13)10-11-28-15-8-6-14(7-9-15)12-18-19(25)23-21(27)29-18;/h2-9,18H,10-12H2,1H3,(H,23,25,27);. The van der Waals surface area contributed by atoms with Crippen LogP contribution in [-0.4, -0.2) is 62.1 Å². The number of nitrogens with zero attached hydrogens (tertiary/aromatic N) is 2. The van der Waals surface area contributed by atoms with Gasteiger partial charge in [0.2, 0.25) is 5.91 Å². The molecule has 0 bridgehead atoms. The van der Waals surface area contributed by atoms with Gasteiger partial charge >= 0.3 is 0 Å². The Labute approximate surface area is 199 Å². The van der Waals surface area contributed by atoms with Crippen LogP contribution < -0.4 is 15.6 Å². The maximum atomic E-state index is 12.7. The fourth-order valence-corrected chi connectivity index (χ4v) is 4.12. The Morgan fingerprint density at radius 3 is 2.53 bits per heavy atom. The molecule has 7 nitrogen and oxygen atoms in total. The third-order valence-electron chi connectivity index (χ3n) is 4.75. The van der Waals surface area contributed by atoms with Crippen LogP contribution in [0.2, 0.25) is 0 Å². The van der Waals surface area contributed by atoms with Crippen molar-refractivity contribution in [2.24, 2.45) is 0 Å². The fraction of sp³-hybridized carbons (Fsp3) is 0.238. The zero-order chi connectivity index (χ0) is 20.4. The topological polar surface area (TPSA) is 90.3 Å². The summed E-state index contributed by atoms with van der Waals surface area (Å²) in [5.74, 6) is 1.08. The minimum atomic E-state index is -0.385. The number of nitrogens with one attached hydrogen (secondary N) is 1. The molecule has 1 aliphatic rings. The molecule has 1 N–H and O–H groups in total. The third kappa shape index (κ3) is 4.95. The second-order valence-electron chi connectivity index (χ2n) is 6.71. The Bertz CT molecular complexity index is 1150. The number of para-hydroxylation sites is 1. The van der Waals surface area contributed by atoms with E-state index in [-0.39, 0.29) is 51.5 Å². The molecule has 1 aromatic heterocycles. The number of rotatable bonds is 6. The first-order chi connectivity index (χ1) is 14.0. The fourth-order valence-electron chi connectivity index (χ4n) is 3.26. The van der Waals surface area contributed by atoms with Crippen LogP contribution >= 0.6 is 11.8 Å². The van der Waals surface area contributed by atoms with Crippen molar-refractivity contribution in [3.05, 3.63) is 70.3 Å². The smallest absolute Gasteiger partial charge is 0.286 e. The molecule has 0 saturated carbocycles. The van der Waals surface area contributed by atoms with Crippen molar-refractivity contribution in [1.29, 1.82) is 0 Å². The Kier molecular flexibility index (Phi) is 7.36. The molecule has 1 aliphatic heterocycles. The molecule has 2 amide bonds. The molecular formula is C21H19N3NaO4S. The van der Waals surface area contributed by atoms with Crippen molar-refractivity contribution >= 4 is 63.4 Å². The molecule has 2 aromatic carbocycles. The predicted octanol–water partition coefficient (Wildman–Crippen LogP) is 2.30. The molecule has 1 atom stereocenters. The number of amides is 2. The molecule has 9 heteroatoms. The average Bonchev–Trinajstić information content (AvgIpc) is 3.02. The number of carbonyl (C=O) groups is 2. The van der Waals surface area contributed by atoms with Gasteiger partial charge in [-0.15, -0.1) is 0 Å². The molecule has 4 rings (SSSR count). The summed E-state index contributed by atoms with van der Waals surface area (Å²) in [6.45, 7) is 2.53. The summed E-state index contributed by atoms with van der Waals surface area (Å²) in [5, 5.41) is 2.20. The molecule has 30 heavy (non-hydrogen) atoms. The van der Waals surface area contributed by atoms with Gasteiger partial charge in [0.05, 0.1) is 22.7 Å². The van der Waals surface area contributed by atoms with Gasteiger partial charge in [0, 0.05) is 29.6 Å². The van der Waals surface area contributed by atoms with Crippen LogP contribution in [0, 0.1) is 6.92 Å². The van der Waals surface area contributed by atoms with Crippen LogP contribution in [0.4, 0.5) is 4.79 Å². The number of fused-ring (bicyclic) bond motifs is 1. The number of aromatic nitrogens is 2. The van der Waals surface area contributed by atoms with Crippen LogP contribution in [0.1, 0.15) is 11.4 Å². The molecule has 0 aliphatic carbocycles. The quantitative estimate of drug-likeness (QED) is 0.601. The van der Waals surface area contributed by atoms with Crippen molar-refractivity contribution in [2.75, 3.05) is 6.61 Å². The molecular weight excluding hydrogens is 413 g/mol. The van der Waals surface area contributed by atoms with Crippen molar-refractivity contribution in [1.82, 2.24) is 14.9 Å². The predicted molar refractivity (Wildman–Crippen MR) is 117 cm³/mol. The third-order valence-corrected chi connectivity index (χ3v) is 5.73. The summed E-state index contributed by atoms with van der Waals surface area (Å²) < 4.78 is 7.38. The van der Waals surface area contributed by atoms with E-state index in [9.17, 15) is 14.4 Å². The minimum Gasteiger partial charge on any atom is -0.492 e. The van der Waals surface area contributed by atoms with E-state index in [0.717, 1.165) is 17.3 Å². The van der Waals surface area contributed by atoms with E-state index in [1.807, 2.05) is 49.4 Å². The van der Waals surface area contributed by atoms with Crippen LogP contribution in [0.15, 0.2) is 53.3 Å². The van der Waals surface area contributed by atoms with Gasteiger partial charge in [0.25, 0.3) is 10.8 Å². The van der Waals surface area contributed by atoms with Crippen molar-refractivity contribution in [3.8, 4) is 5.75 Å². The summed E-state index contributed by atoms with van der Waals surface area (Å²) >= 11 is 1.02. The van der Waals surface area contributed by atoms with Crippen LogP contribution in [-0.2, 0) is 17.8 Å².